The molecule has 1 atom stereocenters. The number of nitrogens with one attached hydrogen (secondary N) is 1. The maximum Gasteiger partial charge on any atom is 0.113 e. The molecule has 0 aliphatic heterocycles. The minimum atomic E-state index is 0.252. The van der Waals surface area contributed by atoms with Crippen molar-refractivity contribution in [2.45, 2.75) is 32.4 Å². The summed E-state index contributed by atoms with van der Waals surface area (Å²) in [5.41, 5.74) is 0. The fraction of sp³-hybridized carbons (Fsp3) is 0.556. The predicted molar refractivity (Wildman–Crippen MR) is 58.3 cm³/mol. The highest BCUT2D eigenvalue weighted by molar-refractivity contribution is 7.15. The lowest BCUT2D eigenvalue weighted by Crippen LogP contribution is -2.27. The fourth-order valence-electron chi connectivity index (χ4n) is 1.07. The van der Waals surface area contributed by atoms with Crippen molar-refractivity contribution in [3.8, 4) is 6.07 Å². The Balaban J connectivity index is 2.36. The van der Waals surface area contributed by atoms with Gasteiger partial charge in [0.05, 0.1) is 18.7 Å². The molecule has 1 N–H and O–H groups in total. The van der Waals surface area contributed by atoms with Crippen LogP contribution in [-0.4, -0.2) is 11.0 Å². The highest BCUT2D eigenvalue weighted by atomic mass is 35.5. The first-order chi connectivity index (χ1) is 6.76. The third kappa shape index (κ3) is 3.62. The van der Waals surface area contributed by atoms with E-state index in [4.69, 9.17) is 16.9 Å². The first-order valence-corrected chi connectivity index (χ1v) is 5.66. The third-order valence-corrected chi connectivity index (χ3v) is 3.01. The molecule has 76 valence electrons. The van der Waals surface area contributed by atoms with Crippen LogP contribution in [0.25, 0.3) is 0 Å². The zero-order chi connectivity index (χ0) is 10.4. The normalized spacial score (nSPS) is 12.4. The van der Waals surface area contributed by atoms with Crippen LogP contribution in [0.1, 0.15) is 24.8 Å². The Hall–Kier alpha value is -0.630. The Morgan fingerprint density at radius 2 is 2.57 bits per heavy atom. The van der Waals surface area contributed by atoms with Crippen molar-refractivity contribution in [2.24, 2.45) is 0 Å². The van der Waals surface area contributed by atoms with E-state index in [2.05, 4.69) is 23.3 Å². The number of nitriles is 1. The van der Waals surface area contributed by atoms with Crippen molar-refractivity contribution in [3.63, 3.8) is 0 Å². The van der Waals surface area contributed by atoms with E-state index < -0.39 is 0 Å². The molecular formula is C9H12ClN3S. The molecule has 0 saturated carbocycles. The average Bonchev–Trinajstić information content (AvgIpc) is 2.59. The molecule has 14 heavy (non-hydrogen) atoms. The number of thiazole rings is 1. The van der Waals surface area contributed by atoms with Gasteiger partial charge in [-0.3, -0.25) is 0 Å². The number of rotatable bonds is 5. The Morgan fingerprint density at radius 3 is 3.07 bits per heavy atom. The molecule has 3 nitrogen and oxygen atoms in total. The molecule has 0 radical (unpaired) electrons. The molecule has 0 bridgehead atoms. The van der Waals surface area contributed by atoms with Gasteiger partial charge in [0.15, 0.2) is 0 Å². The van der Waals surface area contributed by atoms with E-state index in [1.807, 2.05) is 0 Å². The second-order valence-electron chi connectivity index (χ2n) is 2.91. The summed E-state index contributed by atoms with van der Waals surface area (Å²) in [7, 11) is 0. The van der Waals surface area contributed by atoms with E-state index in [-0.39, 0.29) is 6.04 Å². The van der Waals surface area contributed by atoms with Crippen LogP contribution in [0, 0.1) is 11.3 Å². The van der Waals surface area contributed by atoms with E-state index in [1.165, 1.54) is 11.3 Å². The van der Waals surface area contributed by atoms with Gasteiger partial charge in [-0.05, 0) is 6.42 Å². The van der Waals surface area contributed by atoms with Crippen molar-refractivity contribution >= 4 is 22.9 Å². The van der Waals surface area contributed by atoms with Crippen LogP contribution in [0.2, 0.25) is 4.34 Å². The van der Waals surface area contributed by atoms with Crippen molar-refractivity contribution in [1.29, 1.82) is 5.26 Å². The molecule has 1 heterocycles. The Morgan fingerprint density at radius 1 is 1.79 bits per heavy atom. The molecule has 1 aromatic rings. The van der Waals surface area contributed by atoms with Crippen LogP contribution in [0.5, 0.6) is 0 Å². The summed E-state index contributed by atoms with van der Waals surface area (Å²) in [6.45, 7) is 2.75. The van der Waals surface area contributed by atoms with Gasteiger partial charge in [-0.1, -0.05) is 18.5 Å². The zero-order valence-corrected chi connectivity index (χ0v) is 9.53. The topological polar surface area (TPSA) is 48.7 Å². The monoisotopic (exact) mass is 229 g/mol. The molecule has 1 unspecified atom stereocenters. The molecule has 5 heteroatoms. The van der Waals surface area contributed by atoms with Crippen molar-refractivity contribution < 1.29 is 0 Å². The molecule has 0 fully saturated rings. The van der Waals surface area contributed by atoms with Gasteiger partial charge in [0.1, 0.15) is 9.34 Å². The van der Waals surface area contributed by atoms with E-state index in [1.54, 1.807) is 6.20 Å². The van der Waals surface area contributed by atoms with Gasteiger partial charge in [0.25, 0.3) is 0 Å². The van der Waals surface area contributed by atoms with Crippen LogP contribution < -0.4 is 5.32 Å². The molecular weight excluding hydrogens is 218 g/mol. The van der Waals surface area contributed by atoms with Gasteiger partial charge < -0.3 is 5.32 Å². The maximum atomic E-state index is 8.54. The first-order valence-electron chi connectivity index (χ1n) is 4.46. The molecule has 0 saturated heterocycles. The molecule has 0 aliphatic carbocycles. The van der Waals surface area contributed by atoms with Crippen molar-refractivity contribution in [3.05, 3.63) is 15.5 Å². The van der Waals surface area contributed by atoms with Gasteiger partial charge in [0.2, 0.25) is 0 Å². The van der Waals surface area contributed by atoms with Crippen LogP contribution in [0.15, 0.2) is 6.20 Å². The Kier molecular flexibility index (Phi) is 4.88. The summed E-state index contributed by atoms with van der Waals surface area (Å²) < 4.78 is 0.704. The minimum absolute atomic E-state index is 0.252. The van der Waals surface area contributed by atoms with Crippen molar-refractivity contribution in [2.75, 3.05) is 0 Å². The standard InChI is InChI=1S/C9H12ClN3S/c1-2-7(3-4-11)12-6-9-13-5-8(10)14-9/h5,7,12H,2-3,6H2,1H3. The molecule has 1 rings (SSSR count). The van der Waals surface area contributed by atoms with E-state index in [0.717, 1.165) is 11.4 Å². The van der Waals surface area contributed by atoms with Crippen LogP contribution >= 0.6 is 22.9 Å². The minimum Gasteiger partial charge on any atom is -0.307 e. The Labute approximate surface area is 92.7 Å². The largest absolute Gasteiger partial charge is 0.307 e. The van der Waals surface area contributed by atoms with E-state index >= 15 is 0 Å². The van der Waals surface area contributed by atoms with Gasteiger partial charge >= 0.3 is 0 Å². The van der Waals surface area contributed by atoms with E-state index in [9.17, 15) is 0 Å². The molecule has 0 aromatic carbocycles. The summed E-state index contributed by atoms with van der Waals surface area (Å²) in [4.78, 5) is 4.12. The van der Waals surface area contributed by atoms with Crippen LogP contribution in [0.3, 0.4) is 0 Å². The molecule has 0 aliphatic rings. The number of nitrogens with zero attached hydrogens (tertiary/aromatic N) is 2. The lowest BCUT2D eigenvalue weighted by atomic mass is 10.2. The van der Waals surface area contributed by atoms with Gasteiger partial charge in [-0.15, -0.1) is 11.3 Å². The first kappa shape index (κ1) is 11.4. The molecule has 0 amide bonds. The molecule has 1 aromatic heterocycles. The summed E-state index contributed by atoms with van der Waals surface area (Å²) in [5, 5.41) is 12.8. The number of aromatic nitrogens is 1. The highest BCUT2D eigenvalue weighted by Gasteiger charge is 2.06. The van der Waals surface area contributed by atoms with E-state index in [0.29, 0.717) is 17.3 Å². The summed E-state index contributed by atoms with van der Waals surface area (Å²) in [6, 6.07) is 2.41. The predicted octanol–water partition coefficient (Wildman–Crippen LogP) is 2.58. The zero-order valence-electron chi connectivity index (χ0n) is 7.96. The third-order valence-electron chi connectivity index (χ3n) is 1.90. The quantitative estimate of drug-likeness (QED) is 0.844. The van der Waals surface area contributed by atoms with Crippen LogP contribution in [-0.2, 0) is 6.54 Å². The second kappa shape index (κ2) is 5.97. The van der Waals surface area contributed by atoms with Gasteiger partial charge in [0, 0.05) is 12.6 Å². The summed E-state index contributed by atoms with van der Waals surface area (Å²) in [6.07, 6.45) is 3.14. The second-order valence-corrected chi connectivity index (χ2v) is 4.65. The lowest BCUT2D eigenvalue weighted by molar-refractivity contribution is 0.504. The number of hydrogen-bond donors (Lipinski definition) is 1. The maximum absolute atomic E-state index is 8.54. The van der Waals surface area contributed by atoms with Gasteiger partial charge in [-0.2, -0.15) is 5.26 Å². The van der Waals surface area contributed by atoms with Crippen molar-refractivity contribution in [1.82, 2.24) is 10.3 Å². The Bertz CT molecular complexity index is 318. The molecule has 0 spiro atoms. The SMILES string of the molecule is CCC(CC#N)NCc1ncc(Cl)s1. The average molecular weight is 230 g/mol. The lowest BCUT2D eigenvalue weighted by Gasteiger charge is -2.11. The summed E-state index contributed by atoms with van der Waals surface area (Å²) >= 11 is 7.21. The smallest absolute Gasteiger partial charge is 0.113 e. The van der Waals surface area contributed by atoms with Crippen LogP contribution in [0.4, 0.5) is 0 Å². The fourth-order valence-corrected chi connectivity index (χ4v) is 1.98. The highest BCUT2D eigenvalue weighted by Crippen LogP contribution is 2.18. The number of halogens is 1. The number of hydrogen-bond acceptors (Lipinski definition) is 4. The summed E-state index contributed by atoms with van der Waals surface area (Å²) in [5.74, 6) is 0. The van der Waals surface area contributed by atoms with Gasteiger partial charge in [-0.25, -0.2) is 4.98 Å².